The molecule has 2 aromatic carbocycles. The van der Waals surface area contributed by atoms with Gasteiger partial charge in [0.25, 0.3) is 0 Å². The average molecular weight is 384 g/mol. The van der Waals surface area contributed by atoms with Gasteiger partial charge in [-0.1, -0.05) is 35.5 Å². The van der Waals surface area contributed by atoms with E-state index in [1.54, 1.807) is 17.8 Å². The minimum absolute atomic E-state index is 0. The first-order chi connectivity index (χ1) is 11.5. The highest BCUT2D eigenvalue weighted by Gasteiger charge is 2.33. The van der Waals surface area contributed by atoms with Crippen LogP contribution in [0, 0.1) is 0 Å². The summed E-state index contributed by atoms with van der Waals surface area (Å²) in [6.07, 6.45) is -2.56. The molecule has 6 heteroatoms. The van der Waals surface area contributed by atoms with Crippen LogP contribution in [0.1, 0.15) is 29.5 Å². The number of fused-ring (bicyclic) bond motifs is 2. The Morgan fingerprint density at radius 2 is 1.56 bits per heavy atom. The van der Waals surface area contributed by atoms with E-state index in [4.69, 9.17) is 0 Å². The van der Waals surface area contributed by atoms with Crippen LogP contribution in [0.5, 0.6) is 0 Å². The Hall–Kier alpha value is -1.43. The van der Waals surface area contributed by atoms with E-state index in [1.807, 2.05) is 24.3 Å². The Labute approximate surface area is 155 Å². The van der Waals surface area contributed by atoms with Gasteiger partial charge in [0.1, 0.15) is 0 Å². The lowest BCUT2D eigenvalue weighted by atomic mass is 9.87. The predicted octanol–water partition coefficient (Wildman–Crippen LogP) is 5.78. The summed E-state index contributed by atoms with van der Waals surface area (Å²) in [4.78, 5) is 2.02. The summed E-state index contributed by atoms with van der Waals surface area (Å²) < 4.78 is 39.6. The number of benzene rings is 2. The number of halogens is 4. The molecule has 1 fully saturated rings. The van der Waals surface area contributed by atoms with Crippen LogP contribution in [0.3, 0.4) is 0 Å². The smallest absolute Gasteiger partial charge is 0.316 e. The van der Waals surface area contributed by atoms with E-state index in [9.17, 15) is 13.2 Å². The first-order valence-corrected chi connectivity index (χ1v) is 8.77. The van der Waals surface area contributed by atoms with Gasteiger partial charge in [0, 0.05) is 9.79 Å². The van der Waals surface area contributed by atoms with Crippen molar-refractivity contribution in [1.82, 2.24) is 5.32 Å². The van der Waals surface area contributed by atoms with Gasteiger partial charge in [-0.2, -0.15) is 13.2 Å². The maximum absolute atomic E-state index is 13.2. The zero-order valence-electron chi connectivity index (χ0n) is 13.3. The van der Waals surface area contributed by atoms with Crippen molar-refractivity contribution >= 4 is 29.7 Å². The van der Waals surface area contributed by atoms with Gasteiger partial charge in [0.2, 0.25) is 0 Å². The normalized spacial score (nSPS) is 16.8. The summed E-state index contributed by atoms with van der Waals surface area (Å²) in [5, 5.41) is 3.32. The Kier molecular flexibility index (Phi) is 5.19. The van der Waals surface area contributed by atoms with E-state index < -0.39 is 11.7 Å². The predicted molar refractivity (Wildman–Crippen MR) is 97.4 cm³/mol. The van der Waals surface area contributed by atoms with Gasteiger partial charge >= 0.3 is 6.18 Å². The molecule has 4 rings (SSSR count). The molecule has 0 unspecified atom stereocenters. The second kappa shape index (κ2) is 7.06. The molecule has 0 atom stereocenters. The fourth-order valence-electron chi connectivity index (χ4n) is 3.38. The number of rotatable bonds is 0. The second-order valence-electron chi connectivity index (χ2n) is 6.04. The summed E-state index contributed by atoms with van der Waals surface area (Å²) in [5.74, 6) is 0. The average Bonchev–Trinajstić information content (AvgIpc) is 2.59. The van der Waals surface area contributed by atoms with Crippen molar-refractivity contribution in [3.63, 3.8) is 0 Å². The van der Waals surface area contributed by atoms with Crippen molar-refractivity contribution < 1.29 is 13.2 Å². The van der Waals surface area contributed by atoms with E-state index in [1.165, 1.54) is 17.7 Å². The number of hydrogen-bond acceptors (Lipinski definition) is 2. The van der Waals surface area contributed by atoms with E-state index in [0.29, 0.717) is 0 Å². The minimum atomic E-state index is -4.32. The first kappa shape index (κ1) is 18.4. The molecule has 0 spiro atoms. The maximum atomic E-state index is 13.2. The van der Waals surface area contributed by atoms with E-state index in [2.05, 4.69) is 5.32 Å². The molecule has 0 saturated carbocycles. The lowest BCUT2D eigenvalue weighted by Crippen LogP contribution is -2.24. The molecule has 1 saturated heterocycles. The van der Waals surface area contributed by atoms with Crippen LogP contribution in [-0.4, -0.2) is 13.1 Å². The molecule has 2 aliphatic heterocycles. The number of piperidine rings is 1. The SMILES string of the molecule is Cl.FC(F)(F)c1ccc2c(c1)C(=C1CCNCC1)c1ccccc1S2. The number of nitrogens with one attached hydrogen (secondary N) is 1. The molecular formula is C19H17ClF3NS. The van der Waals surface area contributed by atoms with Crippen LogP contribution in [0.15, 0.2) is 57.8 Å². The van der Waals surface area contributed by atoms with Crippen LogP contribution in [0.4, 0.5) is 13.2 Å². The molecule has 0 aliphatic carbocycles. The molecule has 2 aromatic rings. The molecule has 0 radical (unpaired) electrons. The Bertz CT molecular complexity index is 822. The van der Waals surface area contributed by atoms with Gasteiger partial charge in [0.05, 0.1) is 5.56 Å². The van der Waals surface area contributed by atoms with Crippen molar-refractivity contribution in [3.8, 4) is 0 Å². The minimum Gasteiger partial charge on any atom is -0.316 e. The Morgan fingerprint density at radius 3 is 2.28 bits per heavy atom. The maximum Gasteiger partial charge on any atom is 0.416 e. The summed E-state index contributed by atoms with van der Waals surface area (Å²) in [7, 11) is 0. The lowest BCUT2D eigenvalue weighted by Gasteiger charge is -2.28. The van der Waals surface area contributed by atoms with Gasteiger partial charge in [0.15, 0.2) is 0 Å². The molecule has 1 nitrogen and oxygen atoms in total. The van der Waals surface area contributed by atoms with Gasteiger partial charge < -0.3 is 5.32 Å². The van der Waals surface area contributed by atoms with Crippen LogP contribution >= 0.6 is 24.2 Å². The van der Waals surface area contributed by atoms with Crippen LogP contribution < -0.4 is 5.32 Å². The molecular weight excluding hydrogens is 367 g/mol. The van der Waals surface area contributed by atoms with Crippen LogP contribution in [0.2, 0.25) is 0 Å². The van der Waals surface area contributed by atoms with Crippen molar-refractivity contribution in [1.29, 1.82) is 0 Å². The van der Waals surface area contributed by atoms with Crippen molar-refractivity contribution in [2.75, 3.05) is 13.1 Å². The topological polar surface area (TPSA) is 12.0 Å². The van der Waals surface area contributed by atoms with E-state index in [-0.39, 0.29) is 12.4 Å². The van der Waals surface area contributed by atoms with Gasteiger partial charge in [-0.15, -0.1) is 12.4 Å². The second-order valence-corrected chi connectivity index (χ2v) is 7.12. The van der Waals surface area contributed by atoms with Gasteiger partial charge in [-0.25, -0.2) is 0 Å². The third-order valence-electron chi connectivity index (χ3n) is 4.51. The highest BCUT2D eigenvalue weighted by Crippen LogP contribution is 2.48. The number of alkyl halides is 3. The van der Waals surface area contributed by atoms with Crippen molar-refractivity contribution in [2.24, 2.45) is 0 Å². The van der Waals surface area contributed by atoms with Crippen molar-refractivity contribution in [2.45, 2.75) is 28.8 Å². The summed E-state index contributed by atoms with van der Waals surface area (Å²) in [6.45, 7) is 1.75. The van der Waals surface area contributed by atoms with E-state index in [0.717, 1.165) is 52.4 Å². The fraction of sp³-hybridized carbons (Fsp3) is 0.263. The highest BCUT2D eigenvalue weighted by atomic mass is 35.5. The summed E-state index contributed by atoms with van der Waals surface area (Å²) >= 11 is 1.55. The third kappa shape index (κ3) is 3.46. The molecule has 1 N–H and O–H groups in total. The third-order valence-corrected chi connectivity index (χ3v) is 5.67. The molecule has 132 valence electrons. The Balaban J connectivity index is 0.00000182. The molecule has 0 bridgehead atoms. The molecule has 25 heavy (non-hydrogen) atoms. The summed E-state index contributed by atoms with van der Waals surface area (Å²) in [5.41, 5.74) is 3.47. The van der Waals surface area contributed by atoms with Gasteiger partial charge in [-0.05, 0) is 66.9 Å². The van der Waals surface area contributed by atoms with Crippen LogP contribution in [-0.2, 0) is 6.18 Å². The standard InChI is InChI=1S/C19H16F3NS.ClH/c20-19(21,22)13-5-6-17-15(11-13)18(12-7-9-23-10-8-12)14-3-1-2-4-16(14)24-17;/h1-6,11,23H,7-10H2;1H. The van der Waals surface area contributed by atoms with Gasteiger partial charge in [-0.3, -0.25) is 0 Å². The molecule has 0 aromatic heterocycles. The van der Waals surface area contributed by atoms with Crippen molar-refractivity contribution in [3.05, 3.63) is 64.7 Å². The zero-order valence-corrected chi connectivity index (χ0v) is 15.0. The monoisotopic (exact) mass is 383 g/mol. The summed E-state index contributed by atoms with van der Waals surface area (Å²) in [6, 6.07) is 12.1. The lowest BCUT2D eigenvalue weighted by molar-refractivity contribution is -0.137. The number of hydrogen-bond donors (Lipinski definition) is 1. The quantitative estimate of drug-likeness (QED) is 0.528. The van der Waals surface area contributed by atoms with E-state index >= 15 is 0 Å². The zero-order chi connectivity index (χ0) is 16.7. The first-order valence-electron chi connectivity index (χ1n) is 7.95. The highest BCUT2D eigenvalue weighted by molar-refractivity contribution is 7.99. The Morgan fingerprint density at radius 1 is 0.880 bits per heavy atom. The molecule has 2 aliphatic rings. The fourth-order valence-corrected chi connectivity index (χ4v) is 4.45. The van der Waals surface area contributed by atoms with Crippen LogP contribution in [0.25, 0.3) is 5.57 Å². The largest absolute Gasteiger partial charge is 0.416 e. The molecule has 0 amide bonds. The molecule has 2 heterocycles.